The molecule has 0 aliphatic carbocycles. The van der Waals surface area contributed by atoms with E-state index in [1.54, 1.807) is 11.3 Å². The van der Waals surface area contributed by atoms with Gasteiger partial charge in [-0.2, -0.15) is 0 Å². The Bertz CT molecular complexity index is 1800. The Hall–Kier alpha value is -3.28. The van der Waals surface area contributed by atoms with Crippen LogP contribution in [0.5, 0.6) is 5.75 Å². The first-order valence-corrected chi connectivity index (χ1v) is 19.7. The fraction of sp³-hybridized carbons (Fsp3) is 0.368. The molecule has 0 fully saturated rings. The number of nitrogens with zero attached hydrogens (tertiary/aromatic N) is 2. The number of hydrogen-bond donors (Lipinski definition) is 1. The van der Waals surface area contributed by atoms with Crippen LogP contribution in [-0.4, -0.2) is 23.1 Å². The van der Waals surface area contributed by atoms with Crippen molar-refractivity contribution >= 4 is 34.8 Å². The maximum atomic E-state index is 11.7. The highest BCUT2D eigenvalue weighted by Crippen LogP contribution is 2.45. The van der Waals surface area contributed by atoms with Gasteiger partial charge in [0.2, 0.25) is 0 Å². The van der Waals surface area contributed by atoms with E-state index >= 15 is 0 Å². The summed E-state index contributed by atoms with van der Waals surface area (Å²) in [6.07, 6.45) is 1.86. The van der Waals surface area contributed by atoms with Crippen LogP contribution in [0.4, 0.5) is 0 Å². The molecule has 5 rings (SSSR count). The molecule has 3 aromatic carbocycles. The normalized spacial score (nSPS) is 12.8. The van der Waals surface area contributed by atoms with Crippen LogP contribution in [0.1, 0.15) is 78.0 Å². The smallest absolute Gasteiger partial charge is 0.129 e. The number of phenolic OH excluding ortho intramolecular Hbond substituents is 1. The third kappa shape index (κ3) is 6.34. The summed E-state index contributed by atoms with van der Waals surface area (Å²) >= 11 is 1.69. The Kier molecular flexibility index (Phi) is 7.98. The molecule has 0 bridgehead atoms. The number of aromatic hydroxyl groups is 1. The van der Waals surface area contributed by atoms with Crippen LogP contribution in [0, 0.1) is 0 Å². The number of phenols is 1. The van der Waals surface area contributed by atoms with E-state index < -0.39 is 8.07 Å². The summed E-state index contributed by atoms with van der Waals surface area (Å²) in [7, 11) is -1.66. The predicted octanol–water partition coefficient (Wildman–Crippen LogP) is 10.7. The SMILES string of the molecule is CC(C)c1cc(-c2ccccn2)cc(-c2cc([Si](C)(C)C)cc3sc(-c4cc(C(C)(C)C)cc(C(C)(C)C)c4O)nc23)c1. The molecule has 2 heterocycles. The molecule has 0 amide bonds. The van der Waals surface area contributed by atoms with E-state index in [2.05, 4.69) is 129 Å². The zero-order valence-corrected chi connectivity index (χ0v) is 29.5. The van der Waals surface area contributed by atoms with Gasteiger partial charge in [0.15, 0.2) is 0 Å². The van der Waals surface area contributed by atoms with Crippen LogP contribution in [0.25, 0.3) is 43.2 Å². The van der Waals surface area contributed by atoms with E-state index in [0.717, 1.165) is 48.7 Å². The van der Waals surface area contributed by atoms with Gasteiger partial charge in [0.25, 0.3) is 0 Å². The molecule has 5 aromatic rings. The molecule has 0 atom stereocenters. The average Bonchev–Trinajstić information content (AvgIpc) is 3.35. The number of benzene rings is 3. The van der Waals surface area contributed by atoms with Crippen LogP contribution in [-0.2, 0) is 10.8 Å². The maximum absolute atomic E-state index is 11.7. The van der Waals surface area contributed by atoms with Gasteiger partial charge in [0.1, 0.15) is 10.8 Å². The number of rotatable bonds is 5. The van der Waals surface area contributed by atoms with Crippen molar-refractivity contribution in [3.8, 4) is 38.7 Å². The predicted molar refractivity (Wildman–Crippen MR) is 190 cm³/mol. The second kappa shape index (κ2) is 11.0. The van der Waals surface area contributed by atoms with Gasteiger partial charge < -0.3 is 5.11 Å². The van der Waals surface area contributed by atoms with Crippen LogP contribution < -0.4 is 5.19 Å². The van der Waals surface area contributed by atoms with E-state index in [9.17, 15) is 5.11 Å². The summed E-state index contributed by atoms with van der Waals surface area (Å²) in [6, 6.07) is 22.0. The molecule has 43 heavy (non-hydrogen) atoms. The van der Waals surface area contributed by atoms with Gasteiger partial charge in [-0.1, -0.05) is 104 Å². The second-order valence-corrected chi connectivity index (χ2v) is 21.4. The van der Waals surface area contributed by atoms with Gasteiger partial charge in [-0.25, -0.2) is 4.98 Å². The Morgan fingerprint density at radius 1 is 0.791 bits per heavy atom. The number of hydrogen-bond acceptors (Lipinski definition) is 4. The lowest BCUT2D eigenvalue weighted by molar-refractivity contribution is 0.446. The molecule has 0 aliphatic heterocycles. The van der Waals surface area contributed by atoms with Crippen molar-refractivity contribution < 1.29 is 5.11 Å². The third-order valence-electron chi connectivity index (χ3n) is 8.27. The second-order valence-electron chi connectivity index (χ2n) is 15.3. The lowest BCUT2D eigenvalue weighted by Crippen LogP contribution is -2.37. The van der Waals surface area contributed by atoms with Crippen molar-refractivity contribution in [2.45, 2.75) is 91.8 Å². The fourth-order valence-corrected chi connectivity index (χ4v) is 7.73. The molecule has 0 aliphatic rings. The quantitative estimate of drug-likeness (QED) is 0.202. The first-order valence-electron chi connectivity index (χ1n) is 15.3. The Morgan fingerprint density at radius 2 is 1.49 bits per heavy atom. The lowest BCUT2D eigenvalue weighted by atomic mass is 9.79. The molecule has 224 valence electrons. The van der Waals surface area contributed by atoms with Crippen molar-refractivity contribution in [2.24, 2.45) is 0 Å². The Morgan fingerprint density at radius 3 is 2.07 bits per heavy atom. The van der Waals surface area contributed by atoms with Crippen molar-refractivity contribution in [3.05, 3.63) is 83.6 Å². The van der Waals surface area contributed by atoms with Crippen LogP contribution >= 0.6 is 11.3 Å². The monoisotopic (exact) mass is 606 g/mol. The number of thiazole rings is 1. The highest BCUT2D eigenvalue weighted by atomic mass is 32.1. The third-order valence-corrected chi connectivity index (χ3v) is 11.3. The minimum absolute atomic E-state index is 0.0611. The average molecular weight is 607 g/mol. The maximum Gasteiger partial charge on any atom is 0.129 e. The molecular formula is C38H46N2OSSi. The standard InChI is InChI=1S/C38H46N2OSSi/c1-23(2)24-16-25(18-26(17-24)32-14-12-13-15-39-32)29-21-28(43(9,10)11)22-33-34(29)40-36(42-33)30-19-27(37(3,4)5)20-31(35(30)41)38(6,7)8/h12-23,41H,1-11H3. The van der Waals surface area contributed by atoms with Crippen molar-refractivity contribution in [1.29, 1.82) is 0 Å². The number of pyridine rings is 1. The Labute approximate surface area is 263 Å². The van der Waals surface area contributed by atoms with Crippen molar-refractivity contribution in [3.63, 3.8) is 0 Å². The Balaban J connectivity index is 1.82. The summed E-state index contributed by atoms with van der Waals surface area (Å²) in [5, 5.41) is 14.0. The van der Waals surface area contributed by atoms with Gasteiger partial charge in [-0.15, -0.1) is 11.3 Å². The minimum Gasteiger partial charge on any atom is -0.507 e. The molecule has 1 N–H and O–H groups in total. The van der Waals surface area contributed by atoms with E-state index in [-0.39, 0.29) is 10.8 Å². The molecule has 0 saturated carbocycles. The fourth-order valence-electron chi connectivity index (χ4n) is 5.42. The van der Waals surface area contributed by atoms with Crippen LogP contribution in [0.15, 0.2) is 66.9 Å². The van der Waals surface area contributed by atoms with Gasteiger partial charge in [0.05, 0.1) is 29.5 Å². The van der Waals surface area contributed by atoms with E-state index in [1.165, 1.54) is 16.3 Å². The van der Waals surface area contributed by atoms with E-state index in [4.69, 9.17) is 4.98 Å². The number of aromatic nitrogens is 2. The van der Waals surface area contributed by atoms with E-state index in [1.807, 2.05) is 18.3 Å². The molecule has 0 spiro atoms. The van der Waals surface area contributed by atoms with Gasteiger partial charge in [0, 0.05) is 22.9 Å². The largest absolute Gasteiger partial charge is 0.507 e. The summed E-state index contributed by atoms with van der Waals surface area (Å²) in [6.45, 7) is 24.9. The topological polar surface area (TPSA) is 46.0 Å². The highest BCUT2D eigenvalue weighted by Gasteiger charge is 2.28. The molecule has 5 heteroatoms. The summed E-state index contributed by atoms with van der Waals surface area (Å²) < 4.78 is 1.16. The molecular weight excluding hydrogens is 561 g/mol. The van der Waals surface area contributed by atoms with Crippen LogP contribution in [0.2, 0.25) is 19.6 Å². The zero-order chi connectivity index (χ0) is 31.5. The van der Waals surface area contributed by atoms with Gasteiger partial charge in [-0.3, -0.25) is 4.98 Å². The molecule has 3 nitrogen and oxygen atoms in total. The summed E-state index contributed by atoms with van der Waals surface area (Å²) in [4.78, 5) is 10.0. The molecule has 0 radical (unpaired) electrons. The number of fused-ring (bicyclic) bond motifs is 1. The van der Waals surface area contributed by atoms with Crippen molar-refractivity contribution in [1.82, 2.24) is 9.97 Å². The molecule has 0 unspecified atom stereocenters. The zero-order valence-electron chi connectivity index (χ0n) is 27.7. The van der Waals surface area contributed by atoms with Crippen LogP contribution in [0.3, 0.4) is 0 Å². The van der Waals surface area contributed by atoms with Gasteiger partial charge >= 0.3 is 0 Å². The summed E-state index contributed by atoms with van der Waals surface area (Å²) in [5.41, 5.74) is 9.41. The first kappa shape index (κ1) is 31.2. The van der Waals surface area contributed by atoms with E-state index in [0.29, 0.717) is 11.7 Å². The first-order chi connectivity index (χ1) is 19.9. The van der Waals surface area contributed by atoms with Crippen molar-refractivity contribution in [2.75, 3.05) is 0 Å². The highest BCUT2D eigenvalue weighted by molar-refractivity contribution is 7.22. The summed E-state index contributed by atoms with van der Waals surface area (Å²) in [5.74, 6) is 0.711. The molecule has 2 aromatic heterocycles. The lowest BCUT2D eigenvalue weighted by Gasteiger charge is -2.27. The molecule has 0 saturated heterocycles. The van der Waals surface area contributed by atoms with Gasteiger partial charge in [-0.05, 0) is 69.8 Å². The minimum atomic E-state index is -1.66.